The average molecular weight is 462 g/mol. The van der Waals surface area contributed by atoms with Crippen molar-refractivity contribution in [2.24, 2.45) is 0 Å². The van der Waals surface area contributed by atoms with E-state index in [0.29, 0.717) is 32.0 Å². The first-order valence-corrected chi connectivity index (χ1v) is 12.1. The first-order chi connectivity index (χ1) is 16.6. The standard InChI is InChI=1S/C29H32FNO3/c30-27-13-10-26(20-34-28-14-11-23(12-15-28)22-4-2-1-3-5-22)25(18-27)16-17-31-19-21-6-8-24(9-7-21)29(32)33/h6-15,18,22,31H,1-5,16-17,19-20H2,(H,32,33). The Hall–Kier alpha value is -3.18. The highest BCUT2D eigenvalue weighted by atomic mass is 19.1. The molecule has 0 saturated heterocycles. The number of nitrogens with one attached hydrogen (secondary N) is 1. The van der Waals surface area contributed by atoms with Crippen molar-refractivity contribution >= 4 is 5.97 Å². The molecule has 3 aromatic carbocycles. The highest BCUT2D eigenvalue weighted by molar-refractivity contribution is 5.87. The molecule has 1 aliphatic carbocycles. The van der Waals surface area contributed by atoms with Crippen LogP contribution in [0, 0.1) is 5.82 Å². The lowest BCUT2D eigenvalue weighted by Crippen LogP contribution is -2.17. The van der Waals surface area contributed by atoms with Crippen LogP contribution in [0.15, 0.2) is 66.7 Å². The lowest BCUT2D eigenvalue weighted by atomic mass is 9.84. The van der Waals surface area contributed by atoms with E-state index in [-0.39, 0.29) is 11.4 Å². The van der Waals surface area contributed by atoms with Crippen molar-refractivity contribution in [3.63, 3.8) is 0 Å². The summed E-state index contributed by atoms with van der Waals surface area (Å²) in [5, 5.41) is 12.3. The van der Waals surface area contributed by atoms with Crippen molar-refractivity contribution in [1.82, 2.24) is 5.32 Å². The number of rotatable bonds is 10. The third kappa shape index (κ3) is 6.67. The zero-order chi connectivity index (χ0) is 23.8. The fourth-order valence-corrected chi connectivity index (χ4v) is 4.62. The van der Waals surface area contributed by atoms with Crippen LogP contribution in [0.25, 0.3) is 0 Å². The van der Waals surface area contributed by atoms with Crippen LogP contribution in [-0.2, 0) is 19.6 Å². The number of hydrogen-bond acceptors (Lipinski definition) is 3. The Balaban J connectivity index is 1.29. The molecule has 0 heterocycles. The van der Waals surface area contributed by atoms with Crippen LogP contribution in [0.4, 0.5) is 4.39 Å². The van der Waals surface area contributed by atoms with Crippen molar-refractivity contribution in [2.45, 2.75) is 57.6 Å². The molecule has 0 unspecified atom stereocenters. The summed E-state index contributed by atoms with van der Waals surface area (Å²) < 4.78 is 19.9. The van der Waals surface area contributed by atoms with Gasteiger partial charge in [0.05, 0.1) is 5.56 Å². The Morgan fingerprint density at radius 1 is 0.941 bits per heavy atom. The monoisotopic (exact) mass is 461 g/mol. The number of carbonyl (C=O) groups is 1. The van der Waals surface area contributed by atoms with Crippen molar-refractivity contribution in [3.8, 4) is 5.75 Å². The topological polar surface area (TPSA) is 58.6 Å². The second-order valence-corrected chi connectivity index (χ2v) is 9.03. The van der Waals surface area contributed by atoms with Gasteiger partial charge in [-0.3, -0.25) is 0 Å². The average Bonchev–Trinajstić information content (AvgIpc) is 2.87. The molecule has 0 aliphatic heterocycles. The van der Waals surface area contributed by atoms with E-state index in [0.717, 1.165) is 22.4 Å². The quantitative estimate of drug-likeness (QED) is 0.339. The normalized spacial score (nSPS) is 14.1. The van der Waals surface area contributed by atoms with Crippen LogP contribution in [0.3, 0.4) is 0 Å². The summed E-state index contributed by atoms with van der Waals surface area (Å²) in [5.41, 5.74) is 4.58. The maximum atomic E-state index is 13.9. The van der Waals surface area contributed by atoms with Gasteiger partial charge >= 0.3 is 5.97 Å². The van der Waals surface area contributed by atoms with Crippen molar-refractivity contribution in [3.05, 3.63) is 100 Å². The highest BCUT2D eigenvalue weighted by Gasteiger charge is 2.15. The van der Waals surface area contributed by atoms with Gasteiger partial charge in [0.1, 0.15) is 18.2 Å². The summed E-state index contributed by atoms with van der Waals surface area (Å²) in [4.78, 5) is 11.0. The molecular formula is C29H32FNO3. The fraction of sp³-hybridized carbons (Fsp3) is 0.345. The Morgan fingerprint density at radius 2 is 1.68 bits per heavy atom. The Kier molecular flexibility index (Phi) is 8.31. The van der Waals surface area contributed by atoms with Gasteiger partial charge in [-0.05, 0) is 90.4 Å². The predicted molar refractivity (Wildman–Crippen MR) is 132 cm³/mol. The first kappa shape index (κ1) is 24.0. The van der Waals surface area contributed by atoms with E-state index >= 15 is 0 Å². The van der Waals surface area contributed by atoms with E-state index in [1.54, 1.807) is 36.4 Å². The van der Waals surface area contributed by atoms with Crippen molar-refractivity contribution in [1.29, 1.82) is 0 Å². The van der Waals surface area contributed by atoms with Gasteiger partial charge in [-0.1, -0.05) is 49.6 Å². The molecule has 34 heavy (non-hydrogen) atoms. The SMILES string of the molecule is O=C(O)c1ccc(CNCCc2cc(F)ccc2COc2ccc(C3CCCCC3)cc2)cc1. The lowest BCUT2D eigenvalue weighted by molar-refractivity contribution is 0.0697. The molecule has 0 amide bonds. The van der Waals surface area contributed by atoms with Gasteiger partial charge in [0.25, 0.3) is 0 Å². The number of carboxylic acids is 1. The number of hydrogen-bond donors (Lipinski definition) is 2. The van der Waals surface area contributed by atoms with E-state index in [9.17, 15) is 9.18 Å². The fourth-order valence-electron chi connectivity index (χ4n) is 4.62. The van der Waals surface area contributed by atoms with Crippen LogP contribution >= 0.6 is 0 Å². The third-order valence-electron chi connectivity index (χ3n) is 6.62. The molecule has 3 aromatic rings. The van der Waals surface area contributed by atoms with Crippen LogP contribution in [0.5, 0.6) is 5.75 Å². The summed E-state index contributed by atoms with van der Waals surface area (Å²) in [6.45, 7) is 1.69. The maximum Gasteiger partial charge on any atom is 0.335 e. The van der Waals surface area contributed by atoms with E-state index in [1.807, 2.05) is 12.1 Å². The van der Waals surface area contributed by atoms with Crippen molar-refractivity contribution < 1.29 is 19.0 Å². The molecule has 0 atom stereocenters. The molecule has 0 aromatic heterocycles. The number of halogens is 1. The second kappa shape index (κ2) is 11.8. The predicted octanol–water partition coefficient (Wildman–Crippen LogP) is 6.48. The number of ether oxygens (including phenoxy) is 1. The van der Waals surface area contributed by atoms with Gasteiger partial charge in [0.2, 0.25) is 0 Å². The van der Waals surface area contributed by atoms with E-state index in [1.165, 1.54) is 43.7 Å². The van der Waals surface area contributed by atoms with E-state index in [4.69, 9.17) is 9.84 Å². The molecule has 1 saturated carbocycles. The molecule has 0 radical (unpaired) electrons. The Labute approximate surface area is 200 Å². The Morgan fingerprint density at radius 3 is 2.38 bits per heavy atom. The van der Waals surface area contributed by atoms with Crippen LogP contribution in [0.2, 0.25) is 0 Å². The molecule has 1 fully saturated rings. The van der Waals surface area contributed by atoms with Gasteiger partial charge in [0, 0.05) is 6.54 Å². The summed E-state index contributed by atoms with van der Waals surface area (Å²) in [6.07, 6.45) is 7.23. The van der Waals surface area contributed by atoms with Gasteiger partial charge in [-0.25, -0.2) is 9.18 Å². The largest absolute Gasteiger partial charge is 0.489 e. The van der Waals surface area contributed by atoms with Gasteiger partial charge in [-0.2, -0.15) is 0 Å². The highest BCUT2D eigenvalue weighted by Crippen LogP contribution is 2.33. The summed E-state index contributed by atoms with van der Waals surface area (Å²) in [6, 6.07) is 20.1. The van der Waals surface area contributed by atoms with Crippen molar-refractivity contribution in [2.75, 3.05) is 6.54 Å². The van der Waals surface area contributed by atoms with E-state index in [2.05, 4.69) is 17.4 Å². The number of carboxylic acid groups (broad SMARTS) is 1. The van der Waals surface area contributed by atoms with E-state index < -0.39 is 5.97 Å². The lowest BCUT2D eigenvalue weighted by Gasteiger charge is -2.22. The zero-order valence-electron chi connectivity index (χ0n) is 19.4. The molecule has 4 rings (SSSR count). The molecule has 178 valence electrons. The second-order valence-electron chi connectivity index (χ2n) is 9.03. The third-order valence-corrected chi connectivity index (χ3v) is 6.62. The van der Waals surface area contributed by atoms with Gasteiger partial charge < -0.3 is 15.2 Å². The summed E-state index contributed by atoms with van der Waals surface area (Å²) >= 11 is 0. The molecule has 0 bridgehead atoms. The minimum atomic E-state index is -0.930. The van der Waals surface area contributed by atoms with Gasteiger partial charge in [-0.15, -0.1) is 0 Å². The molecule has 2 N–H and O–H groups in total. The first-order valence-electron chi connectivity index (χ1n) is 12.1. The molecule has 0 spiro atoms. The molecule has 1 aliphatic rings. The molecule has 4 nitrogen and oxygen atoms in total. The zero-order valence-corrected chi connectivity index (χ0v) is 19.4. The number of benzene rings is 3. The molecule has 5 heteroatoms. The minimum Gasteiger partial charge on any atom is -0.489 e. The van der Waals surface area contributed by atoms with Crippen LogP contribution < -0.4 is 10.1 Å². The molecular weight excluding hydrogens is 429 g/mol. The number of aromatic carboxylic acids is 1. The maximum absolute atomic E-state index is 13.9. The summed E-state index contributed by atoms with van der Waals surface area (Å²) in [5.74, 6) is 0.326. The smallest absolute Gasteiger partial charge is 0.335 e. The minimum absolute atomic E-state index is 0.250. The van der Waals surface area contributed by atoms with Crippen LogP contribution in [0.1, 0.15) is 70.6 Å². The summed E-state index contributed by atoms with van der Waals surface area (Å²) in [7, 11) is 0. The van der Waals surface area contributed by atoms with Gasteiger partial charge in [0.15, 0.2) is 0 Å². The van der Waals surface area contributed by atoms with Crippen LogP contribution in [-0.4, -0.2) is 17.6 Å². The Bertz CT molecular complexity index is 1070.